The van der Waals surface area contributed by atoms with Crippen LogP contribution < -0.4 is 10.1 Å². The number of methoxy groups -OCH3 is 1. The summed E-state index contributed by atoms with van der Waals surface area (Å²) in [7, 11) is 1.33. The number of nitrogens with one attached hydrogen (secondary N) is 1. The van der Waals surface area contributed by atoms with E-state index >= 15 is 0 Å². The van der Waals surface area contributed by atoms with Gasteiger partial charge in [0.15, 0.2) is 11.6 Å². The van der Waals surface area contributed by atoms with Crippen molar-refractivity contribution in [3.8, 4) is 5.75 Å². The molecule has 114 valence electrons. The summed E-state index contributed by atoms with van der Waals surface area (Å²) in [5, 5.41) is 2.45. The molecule has 2 nitrogen and oxygen atoms in total. The van der Waals surface area contributed by atoms with Crippen molar-refractivity contribution in [2.75, 3.05) is 7.11 Å². The van der Waals surface area contributed by atoms with Crippen LogP contribution in [-0.2, 0) is 6.54 Å². The molecule has 1 N–H and O–H groups in total. The minimum atomic E-state index is -4.36. The summed E-state index contributed by atoms with van der Waals surface area (Å²) in [5.74, 6) is -0.525. The number of hydrogen-bond acceptors (Lipinski definition) is 2. The van der Waals surface area contributed by atoms with Gasteiger partial charge < -0.3 is 10.1 Å². The highest BCUT2D eigenvalue weighted by atomic mass is 19.4. The molecule has 0 saturated carbocycles. The Balaban J connectivity index is 2.81. The van der Waals surface area contributed by atoms with Crippen LogP contribution >= 0.6 is 0 Å². The molecule has 0 radical (unpaired) electrons. The molecule has 0 heterocycles. The zero-order chi connectivity index (χ0) is 15.6. The van der Waals surface area contributed by atoms with Crippen molar-refractivity contribution >= 4 is 0 Å². The normalized spacial score (nSPS) is 14.2. The Labute approximate surface area is 116 Å². The quantitative estimate of drug-likeness (QED) is 0.850. The molecule has 1 atom stereocenters. The highest BCUT2D eigenvalue weighted by Gasteiger charge is 2.46. The average Bonchev–Trinajstić information content (AvgIpc) is 2.25. The van der Waals surface area contributed by atoms with Crippen LogP contribution in [0.4, 0.5) is 17.6 Å². The fraction of sp³-hybridized carbons (Fsp3) is 0.571. The summed E-state index contributed by atoms with van der Waals surface area (Å²) in [6.07, 6.45) is -4.36. The number of hydrogen-bond donors (Lipinski definition) is 1. The molecular formula is C14H19F4NO. The van der Waals surface area contributed by atoms with Gasteiger partial charge in [0.1, 0.15) is 6.04 Å². The lowest BCUT2D eigenvalue weighted by atomic mass is 9.86. The van der Waals surface area contributed by atoms with Crippen LogP contribution in [0.1, 0.15) is 26.3 Å². The summed E-state index contributed by atoms with van der Waals surface area (Å²) in [6.45, 7) is 4.45. The molecule has 6 heteroatoms. The van der Waals surface area contributed by atoms with Gasteiger partial charge in [-0.3, -0.25) is 0 Å². The van der Waals surface area contributed by atoms with Gasteiger partial charge >= 0.3 is 6.18 Å². The largest absolute Gasteiger partial charge is 0.494 e. The molecule has 0 fully saturated rings. The van der Waals surface area contributed by atoms with Crippen molar-refractivity contribution in [1.29, 1.82) is 0 Å². The third-order valence-electron chi connectivity index (χ3n) is 2.92. The Bertz CT molecular complexity index is 437. The van der Waals surface area contributed by atoms with Gasteiger partial charge in [0.05, 0.1) is 7.11 Å². The molecule has 0 aliphatic carbocycles. The van der Waals surface area contributed by atoms with Crippen molar-refractivity contribution in [2.24, 2.45) is 5.41 Å². The first-order valence-corrected chi connectivity index (χ1v) is 6.18. The Kier molecular flexibility index (Phi) is 5.02. The van der Waals surface area contributed by atoms with Gasteiger partial charge in [-0.05, 0) is 23.1 Å². The van der Waals surface area contributed by atoms with Crippen LogP contribution in [-0.4, -0.2) is 19.3 Å². The molecule has 1 rings (SSSR count). The standard InChI is InChI=1S/C14H19F4NO/c1-13(2,3)12(14(16,17)18)19-8-9-5-6-11(20-4)10(15)7-9/h5-7,12,19H,8H2,1-4H3. The fourth-order valence-electron chi connectivity index (χ4n) is 1.95. The lowest BCUT2D eigenvalue weighted by molar-refractivity contribution is -0.178. The van der Waals surface area contributed by atoms with Gasteiger partial charge in [0.2, 0.25) is 0 Å². The van der Waals surface area contributed by atoms with Gasteiger partial charge in [0, 0.05) is 6.54 Å². The maximum absolute atomic E-state index is 13.5. The molecule has 0 aliphatic rings. The molecule has 0 bridgehead atoms. The van der Waals surface area contributed by atoms with Gasteiger partial charge in [-0.15, -0.1) is 0 Å². The first kappa shape index (κ1) is 16.8. The molecular weight excluding hydrogens is 274 g/mol. The maximum atomic E-state index is 13.5. The molecule has 1 aromatic rings. The molecule has 1 aromatic carbocycles. The lowest BCUT2D eigenvalue weighted by Crippen LogP contribution is -2.50. The van der Waals surface area contributed by atoms with Gasteiger partial charge in [-0.1, -0.05) is 26.8 Å². The average molecular weight is 293 g/mol. The maximum Gasteiger partial charge on any atom is 0.404 e. The SMILES string of the molecule is COc1ccc(CNC(C(C)(C)C)C(F)(F)F)cc1F. The van der Waals surface area contributed by atoms with Crippen molar-refractivity contribution in [2.45, 2.75) is 39.5 Å². The van der Waals surface area contributed by atoms with Crippen molar-refractivity contribution in [3.63, 3.8) is 0 Å². The third kappa shape index (κ3) is 4.37. The Hall–Kier alpha value is -1.30. The van der Waals surface area contributed by atoms with Crippen LogP contribution in [0, 0.1) is 11.2 Å². The molecule has 1 unspecified atom stereocenters. The second kappa shape index (κ2) is 5.99. The van der Waals surface area contributed by atoms with Crippen LogP contribution in [0.2, 0.25) is 0 Å². The first-order chi connectivity index (χ1) is 9.05. The van der Waals surface area contributed by atoms with Crippen LogP contribution in [0.25, 0.3) is 0 Å². The Morgan fingerprint density at radius 2 is 1.80 bits per heavy atom. The number of benzene rings is 1. The predicted molar refractivity (Wildman–Crippen MR) is 69.1 cm³/mol. The molecule has 0 spiro atoms. The summed E-state index contributed by atoms with van der Waals surface area (Å²) in [4.78, 5) is 0. The number of halogens is 4. The summed E-state index contributed by atoms with van der Waals surface area (Å²) >= 11 is 0. The Morgan fingerprint density at radius 1 is 1.20 bits per heavy atom. The van der Waals surface area contributed by atoms with E-state index < -0.39 is 23.5 Å². The van der Waals surface area contributed by atoms with E-state index in [9.17, 15) is 17.6 Å². The van der Waals surface area contributed by atoms with Crippen LogP contribution in [0.15, 0.2) is 18.2 Å². The number of ether oxygens (including phenoxy) is 1. The minimum Gasteiger partial charge on any atom is -0.494 e. The van der Waals surface area contributed by atoms with E-state index in [0.717, 1.165) is 0 Å². The monoisotopic (exact) mass is 293 g/mol. The van der Waals surface area contributed by atoms with Gasteiger partial charge in [-0.2, -0.15) is 13.2 Å². The van der Waals surface area contributed by atoms with Gasteiger partial charge in [-0.25, -0.2) is 4.39 Å². The second-order valence-electron chi connectivity index (χ2n) is 5.69. The zero-order valence-corrected chi connectivity index (χ0v) is 11.9. The number of alkyl halides is 3. The van der Waals surface area contributed by atoms with Crippen molar-refractivity contribution in [3.05, 3.63) is 29.6 Å². The van der Waals surface area contributed by atoms with Crippen molar-refractivity contribution < 1.29 is 22.3 Å². The fourth-order valence-corrected chi connectivity index (χ4v) is 1.95. The van der Waals surface area contributed by atoms with E-state index in [1.165, 1.54) is 46.1 Å². The van der Waals surface area contributed by atoms with E-state index in [0.29, 0.717) is 5.56 Å². The summed E-state index contributed by atoms with van der Waals surface area (Å²) in [6, 6.07) is 2.43. The third-order valence-corrected chi connectivity index (χ3v) is 2.92. The predicted octanol–water partition coefficient (Wildman–Crippen LogP) is 3.90. The zero-order valence-electron chi connectivity index (χ0n) is 11.9. The van der Waals surface area contributed by atoms with Gasteiger partial charge in [0.25, 0.3) is 0 Å². The molecule has 0 saturated heterocycles. The second-order valence-corrected chi connectivity index (χ2v) is 5.69. The highest BCUT2D eigenvalue weighted by molar-refractivity contribution is 5.29. The minimum absolute atomic E-state index is 0.0666. The van der Waals surface area contributed by atoms with E-state index in [4.69, 9.17) is 4.74 Å². The first-order valence-electron chi connectivity index (χ1n) is 6.18. The molecule has 0 aliphatic heterocycles. The smallest absolute Gasteiger partial charge is 0.404 e. The summed E-state index contributed by atoms with van der Waals surface area (Å²) in [5.41, 5.74) is -0.551. The van der Waals surface area contributed by atoms with E-state index in [1.807, 2.05) is 0 Å². The van der Waals surface area contributed by atoms with Crippen molar-refractivity contribution in [1.82, 2.24) is 5.32 Å². The lowest BCUT2D eigenvalue weighted by Gasteiger charge is -2.33. The topological polar surface area (TPSA) is 21.3 Å². The molecule has 0 aromatic heterocycles. The van der Waals surface area contributed by atoms with E-state index in [-0.39, 0.29) is 12.3 Å². The summed E-state index contributed by atoms with van der Waals surface area (Å²) < 4.78 is 57.1. The van der Waals surface area contributed by atoms with E-state index in [1.54, 1.807) is 0 Å². The van der Waals surface area contributed by atoms with Crippen LogP contribution in [0.5, 0.6) is 5.75 Å². The van der Waals surface area contributed by atoms with Crippen LogP contribution in [0.3, 0.4) is 0 Å². The number of rotatable bonds is 4. The Morgan fingerprint density at radius 3 is 2.20 bits per heavy atom. The highest BCUT2D eigenvalue weighted by Crippen LogP contribution is 2.33. The molecule has 20 heavy (non-hydrogen) atoms. The molecule has 0 amide bonds. The van der Waals surface area contributed by atoms with E-state index in [2.05, 4.69) is 5.32 Å².